The monoisotopic (exact) mass is 222 g/mol. The molecule has 0 saturated heterocycles. The van der Waals surface area contributed by atoms with Gasteiger partial charge in [-0.1, -0.05) is 12.1 Å². The maximum atomic E-state index is 5.38. The highest BCUT2D eigenvalue weighted by molar-refractivity contribution is 7.71. The van der Waals surface area contributed by atoms with E-state index < -0.39 is 0 Å². The summed E-state index contributed by atoms with van der Waals surface area (Å²) in [6, 6.07) is 7.58. The Bertz CT molecular complexity index is 504. The Balaban J connectivity index is 2.36. The van der Waals surface area contributed by atoms with Gasteiger partial charge in [-0.25, -0.2) is 5.16 Å². The summed E-state index contributed by atoms with van der Waals surface area (Å²) in [5.41, 5.74) is 0.890. The van der Waals surface area contributed by atoms with Crippen molar-refractivity contribution in [2.45, 2.75) is 6.92 Å². The van der Waals surface area contributed by atoms with Crippen LogP contribution in [0.25, 0.3) is 11.4 Å². The topological polar surface area (TPSA) is 51.1 Å². The van der Waals surface area contributed by atoms with Crippen LogP contribution in [0.4, 0.5) is 0 Å². The lowest BCUT2D eigenvalue weighted by Gasteiger charge is -2.03. The lowest BCUT2D eigenvalue weighted by Crippen LogP contribution is -1.91. The maximum Gasteiger partial charge on any atom is 0.314 e. The number of nitrogens with zero attached hydrogens (tertiary/aromatic N) is 1. The molecule has 0 fully saturated rings. The second-order valence-electron chi connectivity index (χ2n) is 2.89. The lowest BCUT2D eigenvalue weighted by molar-refractivity contribution is 0.340. The van der Waals surface area contributed by atoms with Crippen LogP contribution in [0.2, 0.25) is 0 Å². The van der Waals surface area contributed by atoms with Crippen LogP contribution in [0.5, 0.6) is 5.75 Å². The highest BCUT2D eigenvalue weighted by Gasteiger charge is 2.03. The van der Waals surface area contributed by atoms with Crippen LogP contribution in [0.3, 0.4) is 0 Å². The standard InChI is InChI=1S/C10H10N2O2S/c1-2-13-8-5-3-4-7(6-8)9-11-10(15)14-12-9/h3-6H,2H2,1H3,(H,11,12,15). The minimum atomic E-state index is 0.201. The molecule has 1 N–H and O–H groups in total. The summed E-state index contributed by atoms with van der Waals surface area (Å²) in [5, 5.41) is 2.65. The van der Waals surface area contributed by atoms with Crippen LogP contribution in [-0.2, 0) is 0 Å². The second kappa shape index (κ2) is 4.27. The molecule has 15 heavy (non-hydrogen) atoms. The molecule has 0 spiro atoms. The predicted octanol–water partition coefficient (Wildman–Crippen LogP) is 2.80. The zero-order valence-electron chi connectivity index (χ0n) is 8.19. The Kier molecular flexibility index (Phi) is 2.82. The Labute approximate surface area is 91.9 Å². The van der Waals surface area contributed by atoms with Crippen LogP contribution < -0.4 is 4.74 Å². The highest BCUT2D eigenvalue weighted by atomic mass is 32.1. The minimum absolute atomic E-state index is 0.201. The first kappa shape index (κ1) is 9.92. The summed E-state index contributed by atoms with van der Waals surface area (Å²) in [7, 11) is 0. The Morgan fingerprint density at radius 1 is 1.53 bits per heavy atom. The molecule has 0 saturated carbocycles. The van der Waals surface area contributed by atoms with Crippen molar-refractivity contribution in [3.8, 4) is 17.1 Å². The van der Waals surface area contributed by atoms with E-state index in [-0.39, 0.29) is 4.84 Å². The summed E-state index contributed by atoms with van der Waals surface area (Å²) < 4.78 is 10.2. The van der Waals surface area contributed by atoms with Crippen molar-refractivity contribution in [1.82, 2.24) is 10.1 Å². The quantitative estimate of drug-likeness (QED) is 0.811. The molecule has 4 nitrogen and oxygen atoms in total. The molecule has 0 bridgehead atoms. The first-order chi connectivity index (χ1) is 7.29. The van der Waals surface area contributed by atoms with Gasteiger partial charge in [0.15, 0.2) is 5.82 Å². The number of H-pyrrole nitrogens is 1. The number of ether oxygens (including phenoxy) is 1. The smallest absolute Gasteiger partial charge is 0.314 e. The fourth-order valence-electron chi connectivity index (χ4n) is 1.25. The normalized spacial score (nSPS) is 10.2. The molecule has 5 heteroatoms. The number of benzene rings is 1. The molecule has 2 aromatic rings. The third-order valence-electron chi connectivity index (χ3n) is 1.86. The van der Waals surface area contributed by atoms with Crippen molar-refractivity contribution in [2.75, 3.05) is 6.61 Å². The van der Waals surface area contributed by atoms with Crippen LogP contribution in [0, 0.1) is 4.84 Å². The Morgan fingerprint density at radius 3 is 3.07 bits per heavy atom. The third kappa shape index (κ3) is 2.24. The SMILES string of the molecule is CCOc1cccc(-c2nc(=S)o[nH]2)c1. The summed E-state index contributed by atoms with van der Waals surface area (Å²) >= 11 is 4.78. The van der Waals surface area contributed by atoms with Crippen molar-refractivity contribution in [1.29, 1.82) is 0 Å². The van der Waals surface area contributed by atoms with Gasteiger partial charge in [0, 0.05) is 5.56 Å². The lowest BCUT2D eigenvalue weighted by atomic mass is 10.2. The van der Waals surface area contributed by atoms with Crippen molar-refractivity contribution in [3.63, 3.8) is 0 Å². The van der Waals surface area contributed by atoms with Crippen LogP contribution in [0.15, 0.2) is 28.8 Å². The highest BCUT2D eigenvalue weighted by Crippen LogP contribution is 2.20. The molecule has 1 aromatic carbocycles. The third-order valence-corrected chi connectivity index (χ3v) is 2.03. The fourth-order valence-corrected chi connectivity index (χ4v) is 1.39. The number of aromatic amines is 1. The van der Waals surface area contributed by atoms with Crippen LogP contribution in [0.1, 0.15) is 6.92 Å². The van der Waals surface area contributed by atoms with E-state index in [1.165, 1.54) is 0 Å². The van der Waals surface area contributed by atoms with E-state index >= 15 is 0 Å². The van der Waals surface area contributed by atoms with Crippen molar-refractivity contribution in [3.05, 3.63) is 29.1 Å². The molecule has 78 valence electrons. The van der Waals surface area contributed by atoms with Gasteiger partial charge in [0.25, 0.3) is 0 Å². The van der Waals surface area contributed by atoms with Gasteiger partial charge in [0.2, 0.25) is 0 Å². The van der Waals surface area contributed by atoms with E-state index in [2.05, 4.69) is 10.1 Å². The fraction of sp³-hybridized carbons (Fsp3) is 0.200. The molecule has 0 atom stereocenters. The average molecular weight is 222 g/mol. The van der Waals surface area contributed by atoms with Gasteiger partial charge in [-0.15, -0.1) is 0 Å². The molecule has 1 aromatic heterocycles. The summed E-state index contributed by atoms with van der Waals surface area (Å²) in [6.45, 7) is 2.58. The summed E-state index contributed by atoms with van der Waals surface area (Å²) in [5.74, 6) is 1.42. The van der Waals surface area contributed by atoms with Crippen molar-refractivity contribution < 1.29 is 9.26 Å². The average Bonchev–Trinajstić information content (AvgIpc) is 2.66. The van der Waals surface area contributed by atoms with E-state index in [4.69, 9.17) is 21.5 Å². The number of hydrogen-bond donors (Lipinski definition) is 1. The van der Waals surface area contributed by atoms with E-state index in [9.17, 15) is 0 Å². The van der Waals surface area contributed by atoms with Gasteiger partial charge in [0.1, 0.15) is 5.75 Å². The Morgan fingerprint density at radius 2 is 2.40 bits per heavy atom. The second-order valence-corrected chi connectivity index (χ2v) is 3.24. The first-order valence-electron chi connectivity index (χ1n) is 4.58. The zero-order chi connectivity index (χ0) is 10.7. The number of aromatic nitrogens is 2. The predicted molar refractivity (Wildman–Crippen MR) is 58.3 cm³/mol. The van der Waals surface area contributed by atoms with E-state index in [1.54, 1.807) is 0 Å². The van der Waals surface area contributed by atoms with Crippen LogP contribution >= 0.6 is 12.2 Å². The molecule has 0 aliphatic carbocycles. The molecule has 0 amide bonds. The van der Waals surface area contributed by atoms with Crippen molar-refractivity contribution >= 4 is 12.2 Å². The van der Waals surface area contributed by atoms with E-state index in [0.717, 1.165) is 11.3 Å². The van der Waals surface area contributed by atoms with Crippen molar-refractivity contribution in [2.24, 2.45) is 0 Å². The molecule has 0 unspecified atom stereocenters. The van der Waals surface area contributed by atoms with E-state index in [1.807, 2.05) is 31.2 Å². The molecule has 2 rings (SSSR count). The van der Waals surface area contributed by atoms with Gasteiger partial charge in [-0.2, -0.15) is 4.98 Å². The van der Waals surface area contributed by atoms with Gasteiger partial charge >= 0.3 is 4.84 Å². The molecular formula is C10H10N2O2S. The van der Waals surface area contributed by atoms with Gasteiger partial charge in [-0.3, -0.25) is 0 Å². The molecule has 0 aliphatic rings. The maximum absolute atomic E-state index is 5.38. The van der Waals surface area contributed by atoms with Gasteiger partial charge in [-0.05, 0) is 31.3 Å². The van der Waals surface area contributed by atoms with Crippen LogP contribution in [-0.4, -0.2) is 16.7 Å². The first-order valence-corrected chi connectivity index (χ1v) is 4.99. The summed E-state index contributed by atoms with van der Waals surface area (Å²) in [4.78, 5) is 4.22. The van der Waals surface area contributed by atoms with E-state index in [0.29, 0.717) is 12.4 Å². The minimum Gasteiger partial charge on any atom is -0.494 e. The van der Waals surface area contributed by atoms with Gasteiger partial charge < -0.3 is 9.26 Å². The zero-order valence-corrected chi connectivity index (χ0v) is 9.00. The molecule has 0 aliphatic heterocycles. The molecule has 1 heterocycles. The Hall–Kier alpha value is -1.62. The molecular weight excluding hydrogens is 212 g/mol. The largest absolute Gasteiger partial charge is 0.494 e. The molecule has 0 radical (unpaired) electrons. The number of nitrogens with one attached hydrogen (secondary N) is 1. The number of rotatable bonds is 3. The summed E-state index contributed by atoms with van der Waals surface area (Å²) in [6.07, 6.45) is 0. The van der Waals surface area contributed by atoms with Gasteiger partial charge in [0.05, 0.1) is 6.61 Å². The number of hydrogen-bond acceptors (Lipinski definition) is 4.